The third kappa shape index (κ3) is 7.24. The van der Waals surface area contributed by atoms with Crippen LogP contribution in [-0.2, 0) is 4.74 Å². The summed E-state index contributed by atoms with van der Waals surface area (Å²) in [5, 5.41) is 3.60. The molecule has 0 aliphatic rings. The average Bonchev–Trinajstić information content (AvgIpc) is 2.20. The van der Waals surface area contributed by atoms with Crippen molar-refractivity contribution in [1.82, 2.24) is 5.32 Å². The molecule has 2 atom stereocenters. The molecule has 1 N–H and O–H groups in total. The minimum Gasteiger partial charge on any atom is -0.379 e. The molecule has 98 valence electrons. The van der Waals surface area contributed by atoms with E-state index in [1.165, 1.54) is 6.42 Å². The van der Waals surface area contributed by atoms with Gasteiger partial charge in [-0.1, -0.05) is 20.8 Å². The molecular weight excluding hydrogens is 198 g/mol. The lowest BCUT2D eigenvalue weighted by Crippen LogP contribution is -2.37. The highest BCUT2D eigenvalue weighted by Crippen LogP contribution is 2.19. The minimum absolute atomic E-state index is 0.353. The average molecular weight is 229 g/mol. The third-order valence-electron chi connectivity index (χ3n) is 3.12. The molecule has 0 aromatic rings. The summed E-state index contributed by atoms with van der Waals surface area (Å²) in [7, 11) is 0. The summed E-state index contributed by atoms with van der Waals surface area (Å²) >= 11 is 0. The van der Waals surface area contributed by atoms with Gasteiger partial charge in [-0.15, -0.1) is 0 Å². The van der Waals surface area contributed by atoms with Crippen LogP contribution in [0.1, 0.15) is 54.4 Å². The van der Waals surface area contributed by atoms with Crippen molar-refractivity contribution < 1.29 is 4.74 Å². The second-order valence-corrected chi connectivity index (χ2v) is 5.36. The van der Waals surface area contributed by atoms with Gasteiger partial charge in [0, 0.05) is 12.6 Å². The summed E-state index contributed by atoms with van der Waals surface area (Å²) in [6, 6.07) is 0.593. The Morgan fingerprint density at radius 3 is 2.12 bits per heavy atom. The molecule has 0 radical (unpaired) electrons. The predicted molar refractivity (Wildman–Crippen MR) is 71.8 cm³/mol. The number of ether oxygens (including phenoxy) is 1. The van der Waals surface area contributed by atoms with Crippen LogP contribution >= 0.6 is 0 Å². The fourth-order valence-electron chi connectivity index (χ4n) is 2.12. The lowest BCUT2D eigenvalue weighted by Gasteiger charge is -2.28. The van der Waals surface area contributed by atoms with E-state index in [0.29, 0.717) is 18.1 Å². The Morgan fingerprint density at radius 2 is 1.69 bits per heavy atom. The van der Waals surface area contributed by atoms with E-state index in [1.807, 2.05) is 0 Å². The van der Waals surface area contributed by atoms with E-state index in [0.717, 1.165) is 25.5 Å². The Kier molecular flexibility index (Phi) is 8.96. The highest BCUT2D eigenvalue weighted by atomic mass is 16.5. The molecular formula is C14H31NO. The van der Waals surface area contributed by atoms with E-state index < -0.39 is 0 Å². The zero-order valence-electron chi connectivity index (χ0n) is 12.0. The van der Waals surface area contributed by atoms with E-state index in [9.17, 15) is 0 Å². The first-order valence-corrected chi connectivity index (χ1v) is 6.84. The van der Waals surface area contributed by atoms with Crippen molar-refractivity contribution in [2.75, 3.05) is 13.2 Å². The molecule has 2 unspecified atom stereocenters. The van der Waals surface area contributed by atoms with E-state index in [4.69, 9.17) is 4.74 Å². The molecule has 0 aliphatic carbocycles. The monoisotopic (exact) mass is 229 g/mol. The van der Waals surface area contributed by atoms with Gasteiger partial charge in [-0.25, -0.2) is 0 Å². The fourth-order valence-corrected chi connectivity index (χ4v) is 2.12. The van der Waals surface area contributed by atoms with Crippen molar-refractivity contribution in [3.05, 3.63) is 0 Å². The van der Waals surface area contributed by atoms with Crippen LogP contribution in [0.3, 0.4) is 0 Å². The molecule has 2 heteroatoms. The van der Waals surface area contributed by atoms with E-state index >= 15 is 0 Å². The van der Waals surface area contributed by atoms with Crippen molar-refractivity contribution >= 4 is 0 Å². The summed E-state index contributed by atoms with van der Waals surface area (Å²) in [4.78, 5) is 0. The molecule has 16 heavy (non-hydrogen) atoms. The third-order valence-corrected chi connectivity index (χ3v) is 3.12. The van der Waals surface area contributed by atoms with Gasteiger partial charge < -0.3 is 10.1 Å². The molecule has 0 saturated carbocycles. The zero-order valence-corrected chi connectivity index (χ0v) is 12.0. The highest BCUT2D eigenvalue weighted by molar-refractivity contribution is 4.75. The Balaban J connectivity index is 3.95. The van der Waals surface area contributed by atoms with Gasteiger partial charge in [-0.05, 0) is 52.0 Å². The second kappa shape index (κ2) is 9.00. The quantitative estimate of drug-likeness (QED) is 0.654. The first-order valence-electron chi connectivity index (χ1n) is 6.84. The van der Waals surface area contributed by atoms with Crippen molar-refractivity contribution in [3.8, 4) is 0 Å². The van der Waals surface area contributed by atoms with Crippen LogP contribution in [-0.4, -0.2) is 25.3 Å². The van der Waals surface area contributed by atoms with Gasteiger partial charge in [0.25, 0.3) is 0 Å². The van der Waals surface area contributed by atoms with Crippen LogP contribution in [0, 0.1) is 11.8 Å². The second-order valence-electron chi connectivity index (χ2n) is 5.36. The van der Waals surface area contributed by atoms with Gasteiger partial charge in [0.2, 0.25) is 0 Å². The van der Waals surface area contributed by atoms with Gasteiger partial charge in [0.1, 0.15) is 0 Å². The van der Waals surface area contributed by atoms with Crippen LogP contribution in [0.5, 0.6) is 0 Å². The summed E-state index contributed by atoms with van der Waals surface area (Å²) in [5.41, 5.74) is 0. The van der Waals surface area contributed by atoms with Crippen LogP contribution in [0.2, 0.25) is 0 Å². The summed E-state index contributed by atoms with van der Waals surface area (Å²) < 4.78 is 5.65. The molecule has 0 saturated heterocycles. The molecule has 0 spiro atoms. The van der Waals surface area contributed by atoms with E-state index in [2.05, 4.69) is 46.9 Å². The Hall–Kier alpha value is -0.0800. The maximum Gasteiger partial charge on any atom is 0.0518 e. The van der Waals surface area contributed by atoms with Crippen molar-refractivity contribution in [2.45, 2.75) is 66.5 Å². The molecule has 2 nitrogen and oxygen atoms in total. The SMILES string of the molecule is CCCNC(C)C(CCOC(C)C)C(C)C. The summed E-state index contributed by atoms with van der Waals surface area (Å²) in [5.74, 6) is 1.43. The Morgan fingerprint density at radius 1 is 1.06 bits per heavy atom. The largest absolute Gasteiger partial charge is 0.379 e. The normalized spacial score (nSPS) is 15.8. The standard InChI is InChI=1S/C14H31NO/c1-7-9-15-13(6)14(11(2)3)8-10-16-12(4)5/h11-15H,7-10H2,1-6H3. The van der Waals surface area contributed by atoms with E-state index in [-0.39, 0.29) is 0 Å². The van der Waals surface area contributed by atoms with Gasteiger partial charge in [-0.3, -0.25) is 0 Å². The molecule has 0 aromatic heterocycles. The van der Waals surface area contributed by atoms with Gasteiger partial charge in [0.15, 0.2) is 0 Å². The molecule has 0 rings (SSSR count). The Labute approximate surface area is 102 Å². The van der Waals surface area contributed by atoms with Gasteiger partial charge >= 0.3 is 0 Å². The smallest absolute Gasteiger partial charge is 0.0518 e. The summed E-state index contributed by atoms with van der Waals surface area (Å²) in [6.07, 6.45) is 2.72. The zero-order chi connectivity index (χ0) is 12.6. The van der Waals surface area contributed by atoms with E-state index in [1.54, 1.807) is 0 Å². The van der Waals surface area contributed by atoms with Crippen LogP contribution in [0.15, 0.2) is 0 Å². The number of rotatable bonds is 9. The van der Waals surface area contributed by atoms with Crippen molar-refractivity contribution in [2.24, 2.45) is 11.8 Å². The Bertz CT molecular complexity index is 157. The molecule has 0 amide bonds. The maximum atomic E-state index is 5.65. The van der Waals surface area contributed by atoms with Gasteiger partial charge in [-0.2, -0.15) is 0 Å². The summed E-state index contributed by atoms with van der Waals surface area (Å²) in [6.45, 7) is 15.3. The highest BCUT2D eigenvalue weighted by Gasteiger charge is 2.20. The number of hydrogen-bond donors (Lipinski definition) is 1. The lowest BCUT2D eigenvalue weighted by atomic mass is 9.86. The van der Waals surface area contributed by atoms with Crippen molar-refractivity contribution in [3.63, 3.8) is 0 Å². The maximum absolute atomic E-state index is 5.65. The van der Waals surface area contributed by atoms with Crippen LogP contribution in [0.25, 0.3) is 0 Å². The van der Waals surface area contributed by atoms with Crippen LogP contribution < -0.4 is 5.32 Å². The van der Waals surface area contributed by atoms with Crippen LogP contribution in [0.4, 0.5) is 0 Å². The molecule has 0 aromatic carbocycles. The minimum atomic E-state index is 0.353. The molecule has 0 heterocycles. The molecule has 0 aliphatic heterocycles. The topological polar surface area (TPSA) is 21.3 Å². The van der Waals surface area contributed by atoms with Gasteiger partial charge in [0.05, 0.1) is 6.10 Å². The van der Waals surface area contributed by atoms with Crippen molar-refractivity contribution in [1.29, 1.82) is 0 Å². The molecule has 0 fully saturated rings. The predicted octanol–water partition coefficient (Wildman–Crippen LogP) is 3.46. The first-order chi connectivity index (χ1) is 7.49. The first kappa shape index (κ1) is 15.9. The lowest BCUT2D eigenvalue weighted by molar-refractivity contribution is 0.0595. The molecule has 0 bridgehead atoms. The fraction of sp³-hybridized carbons (Fsp3) is 1.00. The number of hydrogen-bond acceptors (Lipinski definition) is 2. The number of nitrogens with one attached hydrogen (secondary N) is 1.